The molecule has 0 bridgehead atoms. The number of aromatic carboxylic acids is 1. The van der Waals surface area contributed by atoms with Crippen LogP contribution in [0.15, 0.2) is 54.6 Å². The number of aryl methyl sites for hydroxylation is 1. The van der Waals surface area contributed by atoms with Crippen LogP contribution in [0.3, 0.4) is 0 Å². The van der Waals surface area contributed by atoms with Crippen molar-refractivity contribution in [1.82, 2.24) is 4.57 Å². The molecule has 0 unspecified atom stereocenters. The van der Waals surface area contributed by atoms with Crippen LogP contribution in [0, 0.1) is 0 Å². The lowest BCUT2D eigenvalue weighted by atomic mass is 10.1. The Hall–Kier alpha value is -2.55. The Morgan fingerprint density at radius 1 is 1.10 bits per heavy atom. The van der Waals surface area contributed by atoms with Crippen LogP contribution >= 0.6 is 0 Å². The lowest BCUT2D eigenvalue weighted by molar-refractivity contribution is 0.0698. The van der Waals surface area contributed by atoms with E-state index in [2.05, 4.69) is 18.2 Å². The Morgan fingerprint density at radius 3 is 2.55 bits per heavy atom. The summed E-state index contributed by atoms with van der Waals surface area (Å²) < 4.78 is 1.98. The fourth-order valence-corrected chi connectivity index (χ4v) is 2.62. The van der Waals surface area contributed by atoms with Gasteiger partial charge in [-0.3, -0.25) is 0 Å². The summed E-state index contributed by atoms with van der Waals surface area (Å²) in [6, 6.07) is 17.6. The Balaban J connectivity index is 2.12. The van der Waals surface area contributed by atoms with Gasteiger partial charge in [-0.1, -0.05) is 42.5 Å². The molecule has 0 radical (unpaired) electrons. The zero-order valence-corrected chi connectivity index (χ0v) is 11.2. The maximum absolute atomic E-state index is 11.3. The molecule has 0 amide bonds. The number of carboxylic acids is 1. The maximum Gasteiger partial charge on any atom is 0.337 e. The molecule has 0 spiro atoms. The number of benzene rings is 2. The highest BCUT2D eigenvalue weighted by atomic mass is 16.4. The van der Waals surface area contributed by atoms with E-state index in [-0.39, 0.29) is 0 Å². The van der Waals surface area contributed by atoms with Crippen molar-refractivity contribution >= 4 is 16.9 Å². The minimum atomic E-state index is -0.886. The van der Waals surface area contributed by atoms with Crippen LogP contribution in [0.5, 0.6) is 0 Å². The number of fused-ring (bicyclic) bond motifs is 1. The van der Waals surface area contributed by atoms with Gasteiger partial charge < -0.3 is 9.67 Å². The zero-order chi connectivity index (χ0) is 14.1. The molecule has 1 heterocycles. The zero-order valence-electron chi connectivity index (χ0n) is 11.2. The number of para-hydroxylation sites is 1. The van der Waals surface area contributed by atoms with Gasteiger partial charge in [-0.05, 0) is 17.7 Å². The highest BCUT2D eigenvalue weighted by Gasteiger charge is 2.14. The van der Waals surface area contributed by atoms with Crippen LogP contribution in [-0.2, 0) is 13.5 Å². The fraction of sp³-hybridized carbons (Fsp3) is 0.118. The van der Waals surface area contributed by atoms with Gasteiger partial charge in [0.05, 0.1) is 11.1 Å². The minimum Gasteiger partial charge on any atom is -0.478 e. The molecule has 0 fully saturated rings. The number of nitrogens with zero attached hydrogens (tertiary/aromatic N) is 1. The van der Waals surface area contributed by atoms with E-state index >= 15 is 0 Å². The molecule has 3 aromatic rings. The summed E-state index contributed by atoms with van der Waals surface area (Å²) in [5.74, 6) is -0.886. The molecule has 3 heteroatoms. The molecule has 100 valence electrons. The van der Waals surface area contributed by atoms with Crippen molar-refractivity contribution < 1.29 is 9.90 Å². The van der Waals surface area contributed by atoms with Crippen molar-refractivity contribution in [2.45, 2.75) is 6.42 Å². The first-order valence-electron chi connectivity index (χ1n) is 6.51. The van der Waals surface area contributed by atoms with Gasteiger partial charge in [-0.2, -0.15) is 0 Å². The van der Waals surface area contributed by atoms with Gasteiger partial charge in [-0.25, -0.2) is 4.79 Å². The summed E-state index contributed by atoms with van der Waals surface area (Å²) in [5.41, 5.74) is 3.46. The van der Waals surface area contributed by atoms with Crippen LogP contribution in [0.25, 0.3) is 10.9 Å². The molecule has 0 saturated heterocycles. The summed E-state index contributed by atoms with van der Waals surface area (Å²) in [6.07, 6.45) is 0.797. The van der Waals surface area contributed by atoms with Crippen molar-refractivity contribution in [2.24, 2.45) is 7.05 Å². The smallest absolute Gasteiger partial charge is 0.337 e. The second-order valence-corrected chi connectivity index (χ2v) is 4.91. The molecule has 0 saturated carbocycles. The number of hydrogen-bond donors (Lipinski definition) is 1. The van der Waals surface area contributed by atoms with E-state index < -0.39 is 5.97 Å². The molecule has 20 heavy (non-hydrogen) atoms. The Bertz CT molecular complexity index is 772. The Morgan fingerprint density at radius 2 is 1.85 bits per heavy atom. The third-order valence-electron chi connectivity index (χ3n) is 3.61. The molecule has 0 aliphatic rings. The maximum atomic E-state index is 11.3. The topological polar surface area (TPSA) is 42.2 Å². The van der Waals surface area contributed by atoms with Crippen molar-refractivity contribution in [3.63, 3.8) is 0 Å². The van der Waals surface area contributed by atoms with Gasteiger partial charge in [0.1, 0.15) is 0 Å². The van der Waals surface area contributed by atoms with Gasteiger partial charge in [0, 0.05) is 24.5 Å². The summed E-state index contributed by atoms with van der Waals surface area (Å²) in [7, 11) is 1.92. The van der Waals surface area contributed by atoms with E-state index in [0.29, 0.717) is 5.56 Å². The van der Waals surface area contributed by atoms with Crippen molar-refractivity contribution in [3.05, 3.63) is 71.4 Å². The SMILES string of the molecule is Cn1c(Cc2ccccc2)cc2cccc(C(=O)O)c21. The third kappa shape index (κ3) is 2.07. The largest absolute Gasteiger partial charge is 0.478 e. The van der Waals surface area contributed by atoms with E-state index in [1.165, 1.54) is 5.56 Å². The molecule has 2 aromatic carbocycles. The lowest BCUT2D eigenvalue weighted by Crippen LogP contribution is -2.03. The van der Waals surface area contributed by atoms with Crippen LogP contribution < -0.4 is 0 Å². The summed E-state index contributed by atoms with van der Waals surface area (Å²) in [4.78, 5) is 11.3. The Labute approximate surface area is 117 Å². The number of aromatic nitrogens is 1. The van der Waals surface area contributed by atoms with Gasteiger partial charge in [0.15, 0.2) is 0 Å². The van der Waals surface area contributed by atoms with E-state index in [4.69, 9.17) is 0 Å². The number of hydrogen-bond acceptors (Lipinski definition) is 1. The van der Waals surface area contributed by atoms with Crippen LogP contribution in [0.1, 0.15) is 21.6 Å². The first kappa shape index (κ1) is 12.5. The minimum absolute atomic E-state index is 0.351. The summed E-state index contributed by atoms with van der Waals surface area (Å²) >= 11 is 0. The van der Waals surface area contributed by atoms with Crippen molar-refractivity contribution in [2.75, 3.05) is 0 Å². The molecule has 1 N–H and O–H groups in total. The average Bonchev–Trinajstić information content (AvgIpc) is 2.77. The highest BCUT2D eigenvalue weighted by Crippen LogP contribution is 2.24. The standard InChI is InChI=1S/C17H15NO2/c1-18-14(10-12-6-3-2-4-7-12)11-13-8-5-9-15(16(13)18)17(19)20/h2-9,11H,10H2,1H3,(H,19,20). The van der Waals surface area contributed by atoms with Crippen LogP contribution in [0.2, 0.25) is 0 Å². The molecule has 0 aliphatic heterocycles. The molecule has 0 aliphatic carbocycles. The third-order valence-corrected chi connectivity index (χ3v) is 3.61. The van der Waals surface area contributed by atoms with E-state index in [0.717, 1.165) is 23.0 Å². The van der Waals surface area contributed by atoms with Gasteiger partial charge in [-0.15, -0.1) is 0 Å². The molecular formula is C17H15NO2. The average molecular weight is 265 g/mol. The monoisotopic (exact) mass is 265 g/mol. The quantitative estimate of drug-likeness (QED) is 0.788. The van der Waals surface area contributed by atoms with E-state index in [9.17, 15) is 9.90 Å². The second-order valence-electron chi connectivity index (χ2n) is 4.91. The molecular weight excluding hydrogens is 250 g/mol. The first-order valence-corrected chi connectivity index (χ1v) is 6.51. The van der Waals surface area contributed by atoms with Gasteiger partial charge in [0.2, 0.25) is 0 Å². The van der Waals surface area contributed by atoms with Crippen molar-refractivity contribution in [1.29, 1.82) is 0 Å². The van der Waals surface area contributed by atoms with E-state index in [1.54, 1.807) is 12.1 Å². The predicted molar refractivity (Wildman–Crippen MR) is 79.1 cm³/mol. The molecule has 3 rings (SSSR count). The molecule has 1 aromatic heterocycles. The number of carbonyl (C=O) groups is 1. The predicted octanol–water partition coefficient (Wildman–Crippen LogP) is 3.47. The summed E-state index contributed by atoms with van der Waals surface area (Å²) in [5, 5.41) is 10.3. The fourth-order valence-electron chi connectivity index (χ4n) is 2.62. The second kappa shape index (κ2) is 4.85. The van der Waals surface area contributed by atoms with Crippen molar-refractivity contribution in [3.8, 4) is 0 Å². The summed E-state index contributed by atoms with van der Waals surface area (Å²) in [6.45, 7) is 0. The van der Waals surface area contributed by atoms with E-state index in [1.807, 2.05) is 35.9 Å². The van der Waals surface area contributed by atoms with Gasteiger partial charge in [0.25, 0.3) is 0 Å². The molecule has 3 nitrogen and oxygen atoms in total. The Kier molecular flexibility index (Phi) is 3.03. The number of carboxylic acid groups (broad SMARTS) is 1. The molecule has 0 atom stereocenters. The van der Waals surface area contributed by atoms with Crippen LogP contribution in [0.4, 0.5) is 0 Å². The first-order chi connectivity index (χ1) is 9.66. The van der Waals surface area contributed by atoms with Crippen LogP contribution in [-0.4, -0.2) is 15.6 Å². The van der Waals surface area contributed by atoms with Gasteiger partial charge >= 0.3 is 5.97 Å². The highest BCUT2D eigenvalue weighted by molar-refractivity contribution is 6.02. The lowest BCUT2D eigenvalue weighted by Gasteiger charge is -2.06. The number of rotatable bonds is 3. The normalized spacial score (nSPS) is 10.8.